The Hall–Kier alpha value is -2.37. The number of carbonyl (C=O) groups excluding carboxylic acids is 2. The Bertz CT molecular complexity index is 1240. The van der Waals surface area contributed by atoms with E-state index in [0.29, 0.717) is 25.1 Å². The van der Waals surface area contributed by atoms with E-state index in [9.17, 15) is 9.59 Å². The molecule has 2 aromatic heterocycles. The first-order valence-electron chi connectivity index (χ1n) is 8.62. The van der Waals surface area contributed by atoms with E-state index in [-0.39, 0.29) is 15.8 Å². The second-order valence-electron chi connectivity index (χ2n) is 6.15. The third-order valence-corrected chi connectivity index (χ3v) is 6.88. The normalized spacial score (nSPS) is 15.5. The second-order valence-corrected chi connectivity index (χ2v) is 9.58. The number of aryl methyl sites for hydroxylation is 1. The fraction of sp³-hybridized carbons (Fsp3) is 0.0526. The topological polar surface area (TPSA) is 88.1 Å². The Morgan fingerprint density at radius 1 is 1.16 bits per heavy atom. The van der Waals surface area contributed by atoms with Gasteiger partial charge in [0.05, 0.1) is 10.6 Å². The average Bonchev–Trinajstić information content (AvgIpc) is 3.05. The van der Waals surface area contributed by atoms with Crippen LogP contribution < -0.4 is 10.2 Å². The highest BCUT2D eigenvalue weighted by Gasteiger charge is 2.34. The van der Waals surface area contributed by atoms with Gasteiger partial charge in [-0.25, -0.2) is 15.0 Å². The number of amides is 2. The first-order chi connectivity index (χ1) is 14.8. The van der Waals surface area contributed by atoms with Crippen LogP contribution in [0.1, 0.15) is 10.6 Å². The molecule has 2 amide bonds. The largest absolute Gasteiger partial charge is 0.298 e. The van der Waals surface area contributed by atoms with Gasteiger partial charge in [0.15, 0.2) is 14.6 Å². The maximum Gasteiger partial charge on any atom is 0.270 e. The lowest BCUT2D eigenvalue weighted by molar-refractivity contribution is -0.122. The van der Waals surface area contributed by atoms with Gasteiger partial charge in [-0.1, -0.05) is 23.2 Å². The van der Waals surface area contributed by atoms with Gasteiger partial charge in [-0.2, -0.15) is 0 Å². The molecule has 7 nitrogen and oxygen atoms in total. The number of hydrogen-bond donors (Lipinski definition) is 1. The minimum atomic E-state index is -0.610. The fourth-order valence-corrected chi connectivity index (χ4v) is 5.24. The molecule has 156 valence electrons. The van der Waals surface area contributed by atoms with Gasteiger partial charge in [-0.15, -0.1) is 11.3 Å². The maximum absolute atomic E-state index is 13.1. The van der Waals surface area contributed by atoms with Crippen molar-refractivity contribution in [2.24, 2.45) is 0 Å². The summed E-state index contributed by atoms with van der Waals surface area (Å²) in [5, 5.41) is 3.71. The van der Waals surface area contributed by atoms with Crippen LogP contribution in [0.25, 0.3) is 6.08 Å². The molecule has 1 aliphatic heterocycles. The molecule has 31 heavy (non-hydrogen) atoms. The molecule has 0 bridgehead atoms. The zero-order valence-electron chi connectivity index (χ0n) is 15.6. The Balaban J connectivity index is 1.64. The van der Waals surface area contributed by atoms with Crippen LogP contribution in [0.4, 0.5) is 5.69 Å². The number of thiazole rings is 1. The molecule has 0 unspecified atom stereocenters. The van der Waals surface area contributed by atoms with E-state index < -0.39 is 11.8 Å². The minimum absolute atomic E-state index is 0.0160. The molecule has 1 aliphatic rings. The maximum atomic E-state index is 13.1. The van der Waals surface area contributed by atoms with Crippen LogP contribution in [0.5, 0.6) is 0 Å². The lowest BCUT2D eigenvalue weighted by Gasteiger charge is -2.28. The number of nitrogens with one attached hydrogen (secondary N) is 1. The molecule has 4 rings (SSSR count). The van der Waals surface area contributed by atoms with E-state index in [1.165, 1.54) is 34.1 Å². The SMILES string of the molecule is Cc1ccnc(Sc2nc(Cl)c(/C=C3\C(=O)NC(=S)N(c4ccc(Cl)cc4)C3=O)s2)n1. The summed E-state index contributed by atoms with van der Waals surface area (Å²) in [5.41, 5.74) is 1.19. The van der Waals surface area contributed by atoms with Gasteiger partial charge in [0, 0.05) is 16.9 Å². The molecule has 0 atom stereocenters. The van der Waals surface area contributed by atoms with Crippen LogP contribution in [-0.2, 0) is 9.59 Å². The molecule has 0 spiro atoms. The van der Waals surface area contributed by atoms with E-state index in [0.717, 1.165) is 5.69 Å². The lowest BCUT2D eigenvalue weighted by atomic mass is 10.1. The highest BCUT2D eigenvalue weighted by molar-refractivity contribution is 8.00. The van der Waals surface area contributed by atoms with E-state index in [4.69, 9.17) is 35.4 Å². The van der Waals surface area contributed by atoms with Gasteiger partial charge < -0.3 is 0 Å². The number of benzene rings is 1. The highest BCUT2D eigenvalue weighted by Crippen LogP contribution is 2.35. The molecule has 1 saturated heterocycles. The summed E-state index contributed by atoms with van der Waals surface area (Å²) in [6.07, 6.45) is 3.06. The van der Waals surface area contributed by atoms with Crippen molar-refractivity contribution < 1.29 is 9.59 Å². The van der Waals surface area contributed by atoms with Crippen LogP contribution in [0.3, 0.4) is 0 Å². The molecule has 12 heteroatoms. The third-order valence-electron chi connectivity index (χ3n) is 4.00. The molecular weight excluding hydrogens is 497 g/mol. The molecular formula is C19H11Cl2N5O2S3. The van der Waals surface area contributed by atoms with Crippen molar-refractivity contribution in [2.45, 2.75) is 16.4 Å². The fourth-order valence-electron chi connectivity index (χ4n) is 2.59. The lowest BCUT2D eigenvalue weighted by Crippen LogP contribution is -2.54. The number of thiocarbonyl (C=S) groups is 1. The van der Waals surface area contributed by atoms with Crippen molar-refractivity contribution >= 4 is 87.2 Å². The van der Waals surface area contributed by atoms with E-state index >= 15 is 0 Å². The van der Waals surface area contributed by atoms with Gasteiger partial charge in [0.2, 0.25) is 0 Å². The summed E-state index contributed by atoms with van der Waals surface area (Å²) in [6.45, 7) is 1.86. The number of halogens is 2. The molecule has 0 aliphatic carbocycles. The minimum Gasteiger partial charge on any atom is -0.298 e. The Kier molecular flexibility index (Phi) is 6.35. The molecule has 1 N–H and O–H groups in total. The number of hydrogen-bond acceptors (Lipinski definition) is 8. The number of rotatable bonds is 4. The van der Waals surface area contributed by atoms with Crippen LogP contribution in [-0.4, -0.2) is 31.9 Å². The molecule has 3 heterocycles. The molecule has 3 aromatic rings. The van der Waals surface area contributed by atoms with E-state index in [1.54, 1.807) is 36.5 Å². The zero-order valence-corrected chi connectivity index (χ0v) is 19.6. The van der Waals surface area contributed by atoms with Crippen molar-refractivity contribution in [3.8, 4) is 0 Å². The number of nitrogens with zero attached hydrogens (tertiary/aromatic N) is 4. The summed E-state index contributed by atoms with van der Waals surface area (Å²) in [5.74, 6) is -1.18. The summed E-state index contributed by atoms with van der Waals surface area (Å²) in [6, 6.07) is 8.32. The summed E-state index contributed by atoms with van der Waals surface area (Å²) in [7, 11) is 0. The standard InChI is InChI=1S/C19H11Cl2N5O2S3/c1-9-6-7-22-17(23-9)31-19-24-14(21)13(30-19)8-12-15(27)25-18(29)26(16(12)28)11-4-2-10(20)3-5-11/h2-8H,1H3,(H,25,27,29)/b12-8+. The van der Waals surface area contributed by atoms with Gasteiger partial charge in [-0.3, -0.25) is 19.8 Å². The predicted molar refractivity (Wildman–Crippen MR) is 126 cm³/mol. The monoisotopic (exact) mass is 507 g/mol. The van der Waals surface area contributed by atoms with Crippen molar-refractivity contribution in [3.05, 3.63) is 62.8 Å². The molecule has 1 fully saturated rings. The first kappa shape index (κ1) is 21.8. The Labute approximate surface area is 200 Å². The second kappa shape index (κ2) is 9.01. The van der Waals surface area contributed by atoms with Gasteiger partial charge in [0.1, 0.15) is 10.7 Å². The molecule has 1 aromatic carbocycles. The van der Waals surface area contributed by atoms with Gasteiger partial charge >= 0.3 is 0 Å². The van der Waals surface area contributed by atoms with Crippen LogP contribution in [0.2, 0.25) is 10.2 Å². The quantitative estimate of drug-likeness (QED) is 0.240. The smallest absolute Gasteiger partial charge is 0.270 e. The summed E-state index contributed by atoms with van der Waals surface area (Å²) >= 11 is 19.8. The first-order valence-corrected chi connectivity index (χ1v) is 11.4. The van der Waals surface area contributed by atoms with Crippen molar-refractivity contribution in [2.75, 3.05) is 4.90 Å². The Morgan fingerprint density at radius 2 is 1.90 bits per heavy atom. The number of aromatic nitrogens is 3. The van der Waals surface area contributed by atoms with Crippen LogP contribution in [0, 0.1) is 6.92 Å². The predicted octanol–water partition coefficient (Wildman–Crippen LogP) is 4.53. The number of carbonyl (C=O) groups is 2. The third kappa shape index (κ3) is 4.78. The highest BCUT2D eigenvalue weighted by atomic mass is 35.5. The van der Waals surface area contributed by atoms with Crippen LogP contribution >= 0.6 is 58.5 Å². The van der Waals surface area contributed by atoms with Crippen LogP contribution in [0.15, 0.2) is 51.6 Å². The Morgan fingerprint density at radius 3 is 2.61 bits per heavy atom. The van der Waals surface area contributed by atoms with Crippen molar-refractivity contribution in [1.82, 2.24) is 20.3 Å². The number of anilines is 1. The van der Waals surface area contributed by atoms with E-state index in [1.807, 2.05) is 6.92 Å². The van der Waals surface area contributed by atoms with Crippen molar-refractivity contribution in [3.63, 3.8) is 0 Å². The summed E-state index contributed by atoms with van der Waals surface area (Å²) in [4.78, 5) is 40.0. The zero-order chi connectivity index (χ0) is 22.1. The van der Waals surface area contributed by atoms with Gasteiger partial charge in [0.25, 0.3) is 11.8 Å². The molecule has 0 saturated carbocycles. The van der Waals surface area contributed by atoms with Crippen molar-refractivity contribution in [1.29, 1.82) is 0 Å². The molecule has 0 radical (unpaired) electrons. The van der Waals surface area contributed by atoms with E-state index in [2.05, 4.69) is 20.3 Å². The van der Waals surface area contributed by atoms with Gasteiger partial charge in [-0.05, 0) is 67.3 Å². The average molecular weight is 508 g/mol. The summed E-state index contributed by atoms with van der Waals surface area (Å²) < 4.78 is 0.580.